The topological polar surface area (TPSA) is 86.8 Å². The fraction of sp³-hybridized carbons (Fsp3) is 0.350. The second-order valence-electron chi connectivity index (χ2n) is 6.74. The van der Waals surface area contributed by atoms with Crippen LogP contribution in [0.2, 0.25) is 5.02 Å². The van der Waals surface area contributed by atoms with Crippen molar-refractivity contribution in [2.75, 3.05) is 13.1 Å². The second kappa shape index (κ2) is 7.56. The van der Waals surface area contributed by atoms with Crippen molar-refractivity contribution >= 4 is 17.5 Å². The van der Waals surface area contributed by atoms with E-state index < -0.39 is 0 Å². The number of rotatable bonds is 3. The molecule has 1 fully saturated rings. The fourth-order valence-corrected chi connectivity index (χ4v) is 3.70. The van der Waals surface area contributed by atoms with Crippen molar-refractivity contribution in [1.29, 1.82) is 0 Å². The average molecular weight is 375 g/mol. The molecule has 0 radical (unpaired) electrons. The standard InChI is InChI=1S/C20H23ClN2O3/c1-12-16(10-17(21)19(25)18(12)24)20(26)23-7-5-14(6-8-23)15-4-2-3-13(9-15)11-22/h2-4,9-10,14,24-25H,5-8,11,22H2,1H3. The van der Waals surface area contributed by atoms with Gasteiger partial charge in [-0.1, -0.05) is 35.9 Å². The number of halogens is 1. The number of likely N-dealkylation sites (tertiary alicyclic amines) is 1. The zero-order valence-corrected chi connectivity index (χ0v) is 15.5. The molecule has 0 aliphatic carbocycles. The molecule has 0 unspecified atom stereocenters. The summed E-state index contributed by atoms with van der Waals surface area (Å²) in [5.74, 6) is -0.495. The Balaban J connectivity index is 1.73. The van der Waals surface area contributed by atoms with Gasteiger partial charge in [0.2, 0.25) is 0 Å². The third kappa shape index (κ3) is 3.50. The van der Waals surface area contributed by atoms with Crippen LogP contribution in [0.25, 0.3) is 0 Å². The van der Waals surface area contributed by atoms with Gasteiger partial charge < -0.3 is 20.8 Å². The number of aromatic hydroxyl groups is 2. The Hall–Kier alpha value is -2.24. The number of phenols is 2. The first-order valence-electron chi connectivity index (χ1n) is 8.71. The van der Waals surface area contributed by atoms with E-state index in [0.717, 1.165) is 18.4 Å². The number of carbonyl (C=O) groups is 1. The molecule has 3 rings (SSSR count). The van der Waals surface area contributed by atoms with Crippen LogP contribution in [0.3, 0.4) is 0 Å². The Kier molecular flexibility index (Phi) is 5.39. The highest BCUT2D eigenvalue weighted by molar-refractivity contribution is 6.32. The van der Waals surface area contributed by atoms with Crippen LogP contribution in [0.15, 0.2) is 30.3 Å². The van der Waals surface area contributed by atoms with Crippen molar-refractivity contribution in [3.8, 4) is 11.5 Å². The Morgan fingerprint density at radius 1 is 1.23 bits per heavy atom. The lowest BCUT2D eigenvalue weighted by molar-refractivity contribution is 0.0711. The Labute approximate surface area is 158 Å². The number of hydrogen-bond donors (Lipinski definition) is 3. The van der Waals surface area contributed by atoms with Gasteiger partial charge in [0, 0.05) is 30.8 Å². The quantitative estimate of drug-likeness (QED) is 0.717. The molecule has 0 spiro atoms. The van der Waals surface area contributed by atoms with E-state index in [9.17, 15) is 15.0 Å². The summed E-state index contributed by atoms with van der Waals surface area (Å²) in [5, 5.41) is 19.6. The predicted octanol–water partition coefficient (Wildman–Crippen LogP) is 3.54. The van der Waals surface area contributed by atoms with Crippen molar-refractivity contribution in [2.24, 2.45) is 5.73 Å². The minimum Gasteiger partial charge on any atom is -0.504 e. The van der Waals surface area contributed by atoms with Gasteiger partial charge in [-0.25, -0.2) is 0 Å². The first kappa shape index (κ1) is 18.5. The van der Waals surface area contributed by atoms with Crippen molar-refractivity contribution in [2.45, 2.75) is 32.2 Å². The van der Waals surface area contributed by atoms with Gasteiger partial charge in [-0.15, -0.1) is 0 Å². The summed E-state index contributed by atoms with van der Waals surface area (Å²) < 4.78 is 0. The van der Waals surface area contributed by atoms with Gasteiger partial charge in [-0.3, -0.25) is 4.79 Å². The van der Waals surface area contributed by atoms with E-state index in [2.05, 4.69) is 12.1 Å². The van der Waals surface area contributed by atoms with Crippen LogP contribution in [0, 0.1) is 6.92 Å². The van der Waals surface area contributed by atoms with Crippen LogP contribution in [-0.4, -0.2) is 34.1 Å². The molecule has 2 aromatic rings. The van der Waals surface area contributed by atoms with Gasteiger partial charge in [0.1, 0.15) is 0 Å². The molecule has 2 aromatic carbocycles. The zero-order valence-electron chi connectivity index (χ0n) is 14.7. The van der Waals surface area contributed by atoms with E-state index in [0.29, 0.717) is 36.7 Å². The minimum absolute atomic E-state index is 0.0232. The molecule has 1 heterocycles. The SMILES string of the molecule is Cc1c(C(=O)N2CCC(c3cccc(CN)c3)CC2)cc(Cl)c(O)c1O. The molecule has 1 aliphatic rings. The lowest BCUT2D eigenvalue weighted by atomic mass is 9.88. The summed E-state index contributed by atoms with van der Waals surface area (Å²) in [7, 11) is 0. The average Bonchev–Trinajstić information content (AvgIpc) is 2.68. The van der Waals surface area contributed by atoms with Crippen LogP contribution in [0.5, 0.6) is 11.5 Å². The minimum atomic E-state index is -0.390. The van der Waals surface area contributed by atoms with Crippen molar-refractivity contribution in [3.05, 3.63) is 57.6 Å². The number of amides is 1. The molecule has 0 atom stereocenters. The Morgan fingerprint density at radius 3 is 2.58 bits per heavy atom. The summed E-state index contributed by atoms with van der Waals surface area (Å²) in [6.45, 7) is 3.39. The smallest absolute Gasteiger partial charge is 0.254 e. The van der Waals surface area contributed by atoms with Gasteiger partial charge in [0.05, 0.1) is 5.02 Å². The molecule has 26 heavy (non-hydrogen) atoms. The van der Waals surface area contributed by atoms with Gasteiger partial charge in [0.25, 0.3) is 5.91 Å². The van der Waals surface area contributed by atoms with Gasteiger partial charge in [0.15, 0.2) is 11.5 Å². The number of piperidine rings is 1. The van der Waals surface area contributed by atoms with E-state index in [-0.39, 0.29) is 22.4 Å². The third-order valence-corrected chi connectivity index (χ3v) is 5.44. The molecule has 1 aliphatic heterocycles. The molecular weight excluding hydrogens is 352 g/mol. The molecule has 6 heteroatoms. The number of phenolic OH excluding ortho intramolecular Hbond substituents is 2. The van der Waals surface area contributed by atoms with E-state index in [1.807, 2.05) is 12.1 Å². The highest BCUT2D eigenvalue weighted by Gasteiger charge is 2.27. The number of carbonyl (C=O) groups excluding carboxylic acids is 1. The van der Waals surface area contributed by atoms with Crippen LogP contribution in [0.4, 0.5) is 0 Å². The third-order valence-electron chi connectivity index (χ3n) is 5.15. The number of hydrogen-bond acceptors (Lipinski definition) is 4. The van der Waals surface area contributed by atoms with Crippen LogP contribution >= 0.6 is 11.6 Å². The molecule has 1 saturated heterocycles. The van der Waals surface area contributed by atoms with E-state index >= 15 is 0 Å². The second-order valence-corrected chi connectivity index (χ2v) is 7.15. The largest absolute Gasteiger partial charge is 0.504 e. The van der Waals surface area contributed by atoms with Crippen LogP contribution in [-0.2, 0) is 6.54 Å². The fourth-order valence-electron chi connectivity index (χ4n) is 3.50. The van der Waals surface area contributed by atoms with Crippen LogP contribution < -0.4 is 5.73 Å². The normalized spacial score (nSPS) is 15.3. The molecule has 138 valence electrons. The number of benzene rings is 2. The zero-order chi connectivity index (χ0) is 18.8. The molecule has 1 amide bonds. The molecular formula is C20H23ClN2O3. The Morgan fingerprint density at radius 2 is 1.92 bits per heavy atom. The summed E-state index contributed by atoms with van der Waals surface area (Å²) in [5.41, 5.74) is 8.77. The monoisotopic (exact) mass is 374 g/mol. The summed E-state index contributed by atoms with van der Waals surface area (Å²) in [6, 6.07) is 9.73. The van der Waals surface area contributed by atoms with Crippen molar-refractivity contribution in [3.63, 3.8) is 0 Å². The summed E-state index contributed by atoms with van der Waals surface area (Å²) >= 11 is 5.91. The predicted molar refractivity (Wildman–Crippen MR) is 102 cm³/mol. The first-order valence-corrected chi connectivity index (χ1v) is 9.09. The van der Waals surface area contributed by atoms with E-state index in [4.69, 9.17) is 17.3 Å². The maximum Gasteiger partial charge on any atom is 0.254 e. The lowest BCUT2D eigenvalue weighted by Gasteiger charge is -2.33. The highest BCUT2D eigenvalue weighted by Crippen LogP contribution is 2.38. The molecule has 0 aromatic heterocycles. The Bertz CT molecular complexity index is 830. The number of nitrogens with zero attached hydrogens (tertiary/aromatic N) is 1. The molecule has 0 bridgehead atoms. The lowest BCUT2D eigenvalue weighted by Crippen LogP contribution is -2.38. The highest BCUT2D eigenvalue weighted by atomic mass is 35.5. The van der Waals surface area contributed by atoms with Crippen molar-refractivity contribution in [1.82, 2.24) is 4.90 Å². The maximum absolute atomic E-state index is 12.8. The van der Waals surface area contributed by atoms with E-state index in [1.165, 1.54) is 11.6 Å². The van der Waals surface area contributed by atoms with Crippen molar-refractivity contribution < 1.29 is 15.0 Å². The van der Waals surface area contributed by atoms with Crippen LogP contribution in [0.1, 0.15) is 45.8 Å². The first-order chi connectivity index (χ1) is 12.4. The number of nitrogens with two attached hydrogens (primary N) is 1. The molecule has 5 nitrogen and oxygen atoms in total. The molecule has 0 saturated carbocycles. The molecule has 4 N–H and O–H groups in total. The van der Waals surface area contributed by atoms with E-state index in [1.54, 1.807) is 11.8 Å². The summed E-state index contributed by atoms with van der Waals surface area (Å²) in [6.07, 6.45) is 1.74. The summed E-state index contributed by atoms with van der Waals surface area (Å²) in [4.78, 5) is 14.6. The maximum atomic E-state index is 12.8. The van der Waals surface area contributed by atoms with Gasteiger partial charge in [-0.05, 0) is 42.9 Å². The van der Waals surface area contributed by atoms with Gasteiger partial charge >= 0.3 is 0 Å². The van der Waals surface area contributed by atoms with Gasteiger partial charge in [-0.2, -0.15) is 0 Å².